The SMILES string of the molecule is CC(C)CCC(=O)C[C@H]1C(C(O)C(O)CO)OC(C(=O)O)=C[C@H]1O. The van der Waals surface area contributed by atoms with E-state index >= 15 is 0 Å². The van der Waals surface area contributed by atoms with Crippen LogP contribution < -0.4 is 0 Å². The van der Waals surface area contributed by atoms with E-state index in [2.05, 4.69) is 0 Å². The zero-order valence-corrected chi connectivity index (χ0v) is 13.8. The van der Waals surface area contributed by atoms with E-state index in [9.17, 15) is 24.9 Å². The number of hydrogen-bond acceptors (Lipinski definition) is 7. The molecule has 8 heteroatoms. The molecule has 138 valence electrons. The Kier molecular flexibility index (Phi) is 7.82. The van der Waals surface area contributed by atoms with Crippen LogP contribution in [0.25, 0.3) is 0 Å². The second kappa shape index (κ2) is 9.12. The van der Waals surface area contributed by atoms with Crippen LogP contribution in [0.15, 0.2) is 11.8 Å². The third-order valence-corrected chi connectivity index (χ3v) is 4.04. The highest BCUT2D eigenvalue weighted by molar-refractivity contribution is 5.84. The number of ether oxygens (including phenoxy) is 1. The summed E-state index contributed by atoms with van der Waals surface area (Å²) in [5.74, 6) is -2.74. The highest BCUT2D eigenvalue weighted by Gasteiger charge is 2.43. The lowest BCUT2D eigenvalue weighted by Gasteiger charge is -2.37. The number of rotatable bonds is 9. The molecule has 24 heavy (non-hydrogen) atoms. The van der Waals surface area contributed by atoms with Gasteiger partial charge < -0.3 is 30.3 Å². The zero-order chi connectivity index (χ0) is 18.4. The highest BCUT2D eigenvalue weighted by atomic mass is 16.5. The smallest absolute Gasteiger partial charge is 0.370 e. The van der Waals surface area contributed by atoms with Crippen molar-refractivity contribution < 1.29 is 39.9 Å². The molecule has 5 atom stereocenters. The number of carboxylic acids is 1. The summed E-state index contributed by atoms with van der Waals surface area (Å²) < 4.78 is 5.17. The Morgan fingerprint density at radius 2 is 1.92 bits per heavy atom. The first-order chi connectivity index (χ1) is 11.2. The van der Waals surface area contributed by atoms with Crippen LogP contribution in [0.2, 0.25) is 0 Å². The molecule has 0 aromatic heterocycles. The van der Waals surface area contributed by atoms with E-state index in [4.69, 9.17) is 14.9 Å². The summed E-state index contributed by atoms with van der Waals surface area (Å²) in [7, 11) is 0. The molecular weight excluding hydrogens is 320 g/mol. The van der Waals surface area contributed by atoms with E-state index < -0.39 is 48.7 Å². The summed E-state index contributed by atoms with van der Waals surface area (Å²) in [5.41, 5.74) is 0. The number of ketones is 1. The Labute approximate surface area is 140 Å². The minimum absolute atomic E-state index is 0.128. The second-order valence-corrected chi connectivity index (χ2v) is 6.49. The maximum absolute atomic E-state index is 12.1. The van der Waals surface area contributed by atoms with Gasteiger partial charge in [0.2, 0.25) is 5.76 Å². The molecule has 1 aliphatic rings. The fourth-order valence-electron chi connectivity index (χ4n) is 2.57. The molecule has 0 saturated heterocycles. The summed E-state index contributed by atoms with van der Waals surface area (Å²) in [6, 6.07) is 0. The molecule has 0 amide bonds. The van der Waals surface area contributed by atoms with Gasteiger partial charge in [0.15, 0.2) is 0 Å². The van der Waals surface area contributed by atoms with E-state index in [0.29, 0.717) is 18.8 Å². The van der Waals surface area contributed by atoms with E-state index in [0.717, 1.165) is 6.08 Å². The van der Waals surface area contributed by atoms with Gasteiger partial charge in [-0.15, -0.1) is 0 Å². The van der Waals surface area contributed by atoms with Crippen LogP contribution >= 0.6 is 0 Å². The first-order valence-electron chi connectivity index (χ1n) is 7.95. The van der Waals surface area contributed by atoms with Gasteiger partial charge in [-0.2, -0.15) is 0 Å². The Morgan fingerprint density at radius 1 is 1.29 bits per heavy atom. The molecule has 0 bridgehead atoms. The van der Waals surface area contributed by atoms with Crippen LogP contribution in [-0.4, -0.2) is 68.3 Å². The second-order valence-electron chi connectivity index (χ2n) is 6.49. The van der Waals surface area contributed by atoms with Crippen molar-refractivity contribution in [3.8, 4) is 0 Å². The third kappa shape index (κ3) is 5.55. The predicted molar refractivity (Wildman–Crippen MR) is 82.9 cm³/mol. The molecule has 8 nitrogen and oxygen atoms in total. The van der Waals surface area contributed by atoms with E-state index in [1.54, 1.807) is 0 Å². The normalized spacial score (nSPS) is 26.5. The summed E-state index contributed by atoms with van der Waals surface area (Å²) in [6.07, 6.45) is -4.06. The summed E-state index contributed by atoms with van der Waals surface area (Å²) in [6.45, 7) is 3.17. The van der Waals surface area contributed by atoms with Gasteiger partial charge in [-0.3, -0.25) is 4.79 Å². The van der Waals surface area contributed by atoms with Gasteiger partial charge in [-0.1, -0.05) is 13.8 Å². The number of carbonyl (C=O) groups is 2. The number of aliphatic hydroxyl groups is 4. The number of carboxylic acid groups (broad SMARTS) is 1. The number of carbonyl (C=O) groups excluding carboxylic acids is 1. The Hall–Kier alpha value is -1.48. The number of aliphatic hydroxyl groups excluding tert-OH is 4. The van der Waals surface area contributed by atoms with Crippen LogP contribution in [0.3, 0.4) is 0 Å². The average molecular weight is 346 g/mol. The quantitative estimate of drug-likeness (QED) is 0.374. The number of Topliss-reactive ketones (excluding diaryl/α,β-unsaturated/α-hetero) is 1. The van der Waals surface area contributed by atoms with Crippen molar-refractivity contribution in [2.45, 2.75) is 57.5 Å². The topological polar surface area (TPSA) is 145 Å². The minimum Gasteiger partial charge on any atom is -0.480 e. The lowest BCUT2D eigenvalue weighted by Crippen LogP contribution is -2.51. The molecule has 0 spiro atoms. The summed E-state index contributed by atoms with van der Waals surface area (Å²) in [5, 5.41) is 47.8. The van der Waals surface area contributed by atoms with Gasteiger partial charge in [0.25, 0.3) is 0 Å². The van der Waals surface area contributed by atoms with Crippen LogP contribution in [0.4, 0.5) is 0 Å². The fraction of sp³-hybridized carbons (Fsp3) is 0.750. The summed E-state index contributed by atoms with van der Waals surface area (Å²) >= 11 is 0. The molecular formula is C16H26O8. The van der Waals surface area contributed by atoms with Gasteiger partial charge in [-0.25, -0.2) is 4.79 Å². The van der Waals surface area contributed by atoms with Crippen molar-refractivity contribution in [1.29, 1.82) is 0 Å². The van der Waals surface area contributed by atoms with Crippen molar-refractivity contribution in [3.05, 3.63) is 11.8 Å². The molecule has 0 aromatic carbocycles. The van der Waals surface area contributed by atoms with Crippen LogP contribution in [0.5, 0.6) is 0 Å². The molecule has 5 N–H and O–H groups in total. The van der Waals surface area contributed by atoms with Crippen molar-refractivity contribution in [2.75, 3.05) is 6.61 Å². The first kappa shape index (κ1) is 20.6. The van der Waals surface area contributed by atoms with Crippen molar-refractivity contribution in [3.63, 3.8) is 0 Å². The monoisotopic (exact) mass is 346 g/mol. The number of aliphatic carboxylic acids is 1. The number of hydrogen-bond donors (Lipinski definition) is 5. The van der Waals surface area contributed by atoms with Crippen molar-refractivity contribution >= 4 is 11.8 Å². The predicted octanol–water partition coefficient (Wildman–Crippen LogP) is -0.560. The van der Waals surface area contributed by atoms with E-state index in [1.807, 2.05) is 13.8 Å². The molecule has 1 rings (SSSR count). The molecule has 0 aromatic rings. The summed E-state index contributed by atoms with van der Waals surface area (Å²) in [4.78, 5) is 23.1. The lowest BCUT2D eigenvalue weighted by atomic mass is 9.83. The maximum Gasteiger partial charge on any atom is 0.370 e. The van der Waals surface area contributed by atoms with Gasteiger partial charge >= 0.3 is 5.97 Å². The van der Waals surface area contributed by atoms with Crippen LogP contribution in [0.1, 0.15) is 33.1 Å². The van der Waals surface area contributed by atoms with Crippen LogP contribution in [0, 0.1) is 11.8 Å². The fourth-order valence-corrected chi connectivity index (χ4v) is 2.57. The molecule has 1 aliphatic heterocycles. The van der Waals surface area contributed by atoms with E-state index in [-0.39, 0.29) is 12.2 Å². The molecule has 1 heterocycles. The molecule has 0 aliphatic carbocycles. The maximum atomic E-state index is 12.1. The lowest BCUT2D eigenvalue weighted by molar-refractivity contribution is -0.154. The van der Waals surface area contributed by atoms with Crippen molar-refractivity contribution in [2.24, 2.45) is 11.8 Å². The largest absolute Gasteiger partial charge is 0.480 e. The average Bonchev–Trinajstić information content (AvgIpc) is 2.52. The third-order valence-electron chi connectivity index (χ3n) is 4.04. The Morgan fingerprint density at radius 3 is 2.42 bits per heavy atom. The molecule has 3 unspecified atom stereocenters. The van der Waals surface area contributed by atoms with Gasteiger partial charge in [-0.05, 0) is 18.4 Å². The van der Waals surface area contributed by atoms with Gasteiger partial charge in [0.05, 0.1) is 12.7 Å². The molecule has 0 fully saturated rings. The highest BCUT2D eigenvalue weighted by Crippen LogP contribution is 2.30. The van der Waals surface area contributed by atoms with Gasteiger partial charge in [0.1, 0.15) is 24.1 Å². The standard InChI is InChI=1S/C16H26O8/c1-8(2)3-4-9(18)5-10-11(19)6-13(16(22)23)24-15(10)14(21)12(20)7-17/h6,8,10-12,14-15,17,19-21H,3-5,7H2,1-2H3,(H,22,23)/t10-,11-,12?,14?,15?/m1/s1. The first-order valence-corrected chi connectivity index (χ1v) is 7.95. The van der Waals surface area contributed by atoms with Crippen molar-refractivity contribution in [1.82, 2.24) is 0 Å². The van der Waals surface area contributed by atoms with E-state index in [1.165, 1.54) is 0 Å². The Bertz CT molecular complexity index is 473. The molecule has 0 radical (unpaired) electrons. The molecule has 0 saturated carbocycles. The zero-order valence-electron chi connectivity index (χ0n) is 13.8. The van der Waals surface area contributed by atoms with Crippen LogP contribution in [-0.2, 0) is 14.3 Å². The van der Waals surface area contributed by atoms with Gasteiger partial charge in [0, 0.05) is 18.8 Å². The Balaban J connectivity index is 2.94. The minimum atomic E-state index is -1.64.